The van der Waals surface area contributed by atoms with Crippen LogP contribution in [-0.4, -0.2) is 18.2 Å². The fourth-order valence-electron chi connectivity index (χ4n) is 0.994. The molecule has 15 heavy (non-hydrogen) atoms. The minimum atomic E-state index is -1.23. The van der Waals surface area contributed by atoms with Crippen LogP contribution < -0.4 is 4.74 Å². The van der Waals surface area contributed by atoms with Crippen LogP contribution in [0.1, 0.15) is 5.56 Å². The van der Waals surface area contributed by atoms with Crippen molar-refractivity contribution >= 4 is 12.0 Å². The quantitative estimate of drug-likeness (QED) is 0.783. The van der Waals surface area contributed by atoms with E-state index >= 15 is 0 Å². The van der Waals surface area contributed by atoms with Crippen molar-refractivity contribution in [3.63, 3.8) is 0 Å². The largest absolute Gasteiger partial charge is 0.494 e. The molecular weight excluding hydrogens is 206 g/mol. The lowest BCUT2D eigenvalue weighted by Gasteiger charge is -2.03. The van der Waals surface area contributed by atoms with Gasteiger partial charge in [0.15, 0.2) is 11.6 Å². The van der Waals surface area contributed by atoms with Crippen molar-refractivity contribution in [1.82, 2.24) is 0 Å². The van der Waals surface area contributed by atoms with Crippen molar-refractivity contribution in [2.45, 2.75) is 0 Å². The Morgan fingerprint density at radius 2 is 2.07 bits per heavy atom. The van der Waals surface area contributed by atoms with Gasteiger partial charge in [0.1, 0.15) is 0 Å². The summed E-state index contributed by atoms with van der Waals surface area (Å²) in [5, 5.41) is 8.31. The highest BCUT2D eigenvalue weighted by Crippen LogP contribution is 2.22. The van der Waals surface area contributed by atoms with E-state index in [0.29, 0.717) is 0 Å². The molecule has 3 nitrogen and oxygen atoms in total. The normalized spacial score (nSPS) is 10.6. The van der Waals surface area contributed by atoms with E-state index in [1.54, 1.807) is 0 Å². The molecule has 1 aromatic carbocycles. The zero-order chi connectivity index (χ0) is 11.4. The first-order valence-electron chi connectivity index (χ1n) is 3.99. The van der Waals surface area contributed by atoms with E-state index in [1.807, 2.05) is 0 Å². The molecule has 0 saturated carbocycles. The van der Waals surface area contributed by atoms with Crippen molar-refractivity contribution < 1.29 is 23.4 Å². The average molecular weight is 214 g/mol. The monoisotopic (exact) mass is 214 g/mol. The summed E-state index contributed by atoms with van der Waals surface area (Å²) in [5.74, 6) is -3.72. The molecule has 0 aliphatic rings. The third kappa shape index (κ3) is 2.52. The Hall–Kier alpha value is -1.91. The highest BCUT2D eigenvalue weighted by Gasteiger charge is 2.11. The number of halogens is 2. The number of carboxylic acid groups (broad SMARTS) is 1. The fraction of sp³-hybridized carbons (Fsp3) is 0.100. The maximum absolute atomic E-state index is 13.2. The van der Waals surface area contributed by atoms with Gasteiger partial charge in [-0.25, -0.2) is 9.18 Å². The third-order valence-corrected chi connectivity index (χ3v) is 1.70. The molecule has 0 aromatic heterocycles. The third-order valence-electron chi connectivity index (χ3n) is 1.70. The van der Waals surface area contributed by atoms with E-state index in [2.05, 4.69) is 4.74 Å². The second-order valence-corrected chi connectivity index (χ2v) is 2.66. The molecule has 0 aliphatic heterocycles. The fourth-order valence-corrected chi connectivity index (χ4v) is 0.994. The number of methoxy groups -OCH3 is 1. The SMILES string of the molecule is COc1ccc(/C=C/C(=O)O)c(F)c1F. The summed E-state index contributed by atoms with van der Waals surface area (Å²) >= 11 is 0. The second kappa shape index (κ2) is 4.54. The first-order chi connectivity index (χ1) is 7.06. The molecule has 5 heteroatoms. The molecule has 1 aromatic rings. The van der Waals surface area contributed by atoms with E-state index < -0.39 is 17.6 Å². The minimum absolute atomic E-state index is 0.143. The van der Waals surface area contributed by atoms with Gasteiger partial charge in [0.2, 0.25) is 5.82 Å². The first-order valence-corrected chi connectivity index (χ1v) is 3.99. The van der Waals surface area contributed by atoms with Crippen molar-refractivity contribution in [1.29, 1.82) is 0 Å². The molecule has 0 aliphatic carbocycles. The van der Waals surface area contributed by atoms with Crippen LogP contribution in [0.25, 0.3) is 6.08 Å². The average Bonchev–Trinajstić information content (AvgIpc) is 2.20. The molecule has 0 bridgehead atoms. The smallest absolute Gasteiger partial charge is 0.328 e. The lowest BCUT2D eigenvalue weighted by molar-refractivity contribution is -0.131. The Morgan fingerprint density at radius 1 is 1.40 bits per heavy atom. The maximum Gasteiger partial charge on any atom is 0.328 e. The lowest BCUT2D eigenvalue weighted by atomic mass is 10.2. The molecule has 1 N–H and O–H groups in total. The Kier molecular flexibility index (Phi) is 3.38. The van der Waals surface area contributed by atoms with Gasteiger partial charge in [-0.3, -0.25) is 0 Å². The first kappa shape index (κ1) is 11.2. The van der Waals surface area contributed by atoms with Gasteiger partial charge < -0.3 is 9.84 Å². The van der Waals surface area contributed by atoms with Gasteiger partial charge in [0.25, 0.3) is 0 Å². The summed E-state index contributed by atoms with van der Waals surface area (Å²) in [6.07, 6.45) is 1.70. The molecule has 0 heterocycles. The highest BCUT2D eigenvalue weighted by atomic mass is 19.2. The summed E-state index contributed by atoms with van der Waals surface area (Å²) in [6.45, 7) is 0. The van der Waals surface area contributed by atoms with E-state index in [0.717, 1.165) is 12.2 Å². The van der Waals surface area contributed by atoms with E-state index in [1.165, 1.54) is 19.2 Å². The zero-order valence-electron chi connectivity index (χ0n) is 7.83. The van der Waals surface area contributed by atoms with Gasteiger partial charge in [-0.2, -0.15) is 4.39 Å². The van der Waals surface area contributed by atoms with Crippen LogP contribution in [0.5, 0.6) is 5.75 Å². The molecule has 80 valence electrons. The standard InChI is InChI=1S/C10H8F2O3/c1-15-7-4-2-6(3-5-8(13)14)9(11)10(7)12/h2-5H,1H3,(H,13,14)/b5-3+. The van der Waals surface area contributed by atoms with Crippen LogP contribution in [0.15, 0.2) is 18.2 Å². The van der Waals surface area contributed by atoms with Gasteiger partial charge in [0.05, 0.1) is 7.11 Å². The molecular formula is C10H8F2O3. The van der Waals surface area contributed by atoms with Crippen molar-refractivity contribution in [2.75, 3.05) is 7.11 Å². The van der Waals surface area contributed by atoms with Crippen molar-refractivity contribution in [3.8, 4) is 5.75 Å². The van der Waals surface area contributed by atoms with Crippen LogP contribution in [0.2, 0.25) is 0 Å². The summed E-state index contributed by atoms with van der Waals surface area (Å²) < 4.78 is 30.9. The van der Waals surface area contributed by atoms with Gasteiger partial charge in [-0.15, -0.1) is 0 Å². The summed E-state index contributed by atoms with van der Waals surface area (Å²) in [4.78, 5) is 10.2. The number of hydrogen-bond acceptors (Lipinski definition) is 2. The predicted octanol–water partition coefficient (Wildman–Crippen LogP) is 2.07. The molecule has 0 atom stereocenters. The van der Waals surface area contributed by atoms with E-state index in [9.17, 15) is 13.6 Å². The number of ether oxygens (including phenoxy) is 1. The van der Waals surface area contributed by atoms with Gasteiger partial charge in [-0.1, -0.05) is 0 Å². The van der Waals surface area contributed by atoms with Crippen molar-refractivity contribution in [2.24, 2.45) is 0 Å². The molecule has 1 rings (SSSR count). The highest BCUT2D eigenvalue weighted by molar-refractivity contribution is 5.85. The van der Waals surface area contributed by atoms with Crippen LogP contribution in [0.3, 0.4) is 0 Å². The Balaban J connectivity index is 3.12. The van der Waals surface area contributed by atoms with Crippen LogP contribution in [0, 0.1) is 11.6 Å². The lowest BCUT2D eigenvalue weighted by Crippen LogP contribution is -1.95. The Labute approximate surface area is 84.6 Å². The number of carboxylic acids is 1. The zero-order valence-corrected chi connectivity index (χ0v) is 7.83. The molecule has 0 radical (unpaired) electrons. The van der Waals surface area contributed by atoms with Gasteiger partial charge in [-0.05, 0) is 18.2 Å². The summed E-state index contributed by atoms with van der Waals surface area (Å²) in [7, 11) is 1.21. The minimum Gasteiger partial charge on any atom is -0.494 e. The Morgan fingerprint density at radius 3 is 2.60 bits per heavy atom. The van der Waals surface area contributed by atoms with Crippen LogP contribution in [0.4, 0.5) is 8.78 Å². The maximum atomic E-state index is 13.2. The second-order valence-electron chi connectivity index (χ2n) is 2.66. The predicted molar refractivity (Wildman–Crippen MR) is 49.6 cm³/mol. The van der Waals surface area contributed by atoms with E-state index in [4.69, 9.17) is 5.11 Å². The number of benzene rings is 1. The number of aliphatic carboxylic acids is 1. The molecule has 0 spiro atoms. The molecule has 0 unspecified atom stereocenters. The van der Waals surface area contributed by atoms with Crippen molar-refractivity contribution in [3.05, 3.63) is 35.4 Å². The topological polar surface area (TPSA) is 46.5 Å². The van der Waals surface area contributed by atoms with E-state index in [-0.39, 0.29) is 11.3 Å². The van der Waals surface area contributed by atoms with Gasteiger partial charge >= 0.3 is 5.97 Å². The summed E-state index contributed by atoms with van der Waals surface area (Å²) in [6, 6.07) is 2.45. The number of rotatable bonds is 3. The molecule has 0 fully saturated rings. The Bertz CT molecular complexity index is 413. The summed E-state index contributed by atoms with van der Waals surface area (Å²) in [5.41, 5.74) is -0.143. The molecule has 0 amide bonds. The van der Waals surface area contributed by atoms with Crippen LogP contribution >= 0.6 is 0 Å². The van der Waals surface area contributed by atoms with Crippen LogP contribution in [-0.2, 0) is 4.79 Å². The van der Waals surface area contributed by atoms with Gasteiger partial charge in [0, 0.05) is 11.6 Å². The molecule has 0 saturated heterocycles. The number of hydrogen-bond donors (Lipinski definition) is 1. The number of carbonyl (C=O) groups is 1.